The van der Waals surface area contributed by atoms with Crippen molar-refractivity contribution in [3.63, 3.8) is 0 Å². The molecule has 2 fully saturated rings. The van der Waals surface area contributed by atoms with E-state index in [1.165, 1.54) is 30.4 Å². The molecule has 0 saturated heterocycles. The van der Waals surface area contributed by atoms with Crippen LogP contribution in [-0.2, 0) is 11.2 Å². The number of hydrogen-bond donors (Lipinski definition) is 0. The first kappa shape index (κ1) is 13.5. The summed E-state index contributed by atoms with van der Waals surface area (Å²) in [5, 5.41) is 0. The van der Waals surface area contributed by atoms with Crippen molar-refractivity contribution in [1.82, 2.24) is 0 Å². The van der Waals surface area contributed by atoms with Gasteiger partial charge in [-0.05, 0) is 86.0 Å². The van der Waals surface area contributed by atoms with E-state index in [1.807, 2.05) is 0 Å². The molecule has 1 nitrogen and oxygen atoms in total. The first-order valence-corrected chi connectivity index (χ1v) is 8.64. The molecule has 0 spiro atoms. The third-order valence-corrected chi connectivity index (χ3v) is 7.18. The van der Waals surface area contributed by atoms with Gasteiger partial charge < -0.3 is 0 Å². The van der Waals surface area contributed by atoms with E-state index < -0.39 is 0 Å². The van der Waals surface area contributed by atoms with Crippen LogP contribution in [0.3, 0.4) is 0 Å². The van der Waals surface area contributed by atoms with Crippen LogP contribution in [0, 0.1) is 31.1 Å². The first-order chi connectivity index (χ1) is 10.0. The fraction of sp³-hybridized carbons (Fsp3) is 0.650. The van der Waals surface area contributed by atoms with Gasteiger partial charge >= 0.3 is 0 Å². The zero-order valence-electron chi connectivity index (χ0n) is 13.5. The molecule has 0 aliphatic heterocycles. The van der Waals surface area contributed by atoms with E-state index in [4.69, 9.17) is 0 Å². The number of Topliss-reactive ketones (excluding diaryl/α,β-unsaturated/α-hetero) is 1. The maximum Gasteiger partial charge on any atom is 0.139 e. The Morgan fingerprint density at radius 2 is 1.90 bits per heavy atom. The number of benzene rings is 1. The fourth-order valence-corrected chi connectivity index (χ4v) is 5.73. The second-order valence-electron chi connectivity index (χ2n) is 7.91. The monoisotopic (exact) mass is 282 g/mol. The van der Waals surface area contributed by atoms with E-state index >= 15 is 0 Å². The van der Waals surface area contributed by atoms with Gasteiger partial charge in [0, 0.05) is 11.8 Å². The summed E-state index contributed by atoms with van der Waals surface area (Å²) in [7, 11) is 0. The summed E-state index contributed by atoms with van der Waals surface area (Å²) in [6, 6.07) is 4.71. The number of aryl methyl sites for hydroxylation is 1. The van der Waals surface area contributed by atoms with E-state index in [1.54, 1.807) is 11.1 Å². The van der Waals surface area contributed by atoms with Crippen molar-refractivity contribution in [3.05, 3.63) is 34.4 Å². The molecule has 0 aromatic heterocycles. The summed E-state index contributed by atoms with van der Waals surface area (Å²) < 4.78 is 0. The maximum atomic E-state index is 12.3. The summed E-state index contributed by atoms with van der Waals surface area (Å²) >= 11 is 0. The van der Waals surface area contributed by atoms with Crippen LogP contribution in [0.2, 0.25) is 0 Å². The number of fused-ring (bicyclic) bond motifs is 5. The highest BCUT2D eigenvalue weighted by Gasteiger charge is 2.54. The van der Waals surface area contributed by atoms with E-state index in [9.17, 15) is 4.79 Å². The van der Waals surface area contributed by atoms with Gasteiger partial charge in [0.1, 0.15) is 5.78 Å². The van der Waals surface area contributed by atoms with Gasteiger partial charge in [0.2, 0.25) is 0 Å². The quantitative estimate of drug-likeness (QED) is 0.672. The fourth-order valence-electron chi connectivity index (χ4n) is 5.73. The standard InChI is InChI=1S/C20H26O/c1-12-4-5-15-14(13(12)2)6-7-17-16(15)10-11-20(3)18(17)8-9-19(20)21/h4-5,16-18H,6-11H2,1-3H3. The highest BCUT2D eigenvalue weighted by atomic mass is 16.1. The predicted octanol–water partition coefficient (Wildman–Crippen LogP) is 4.73. The Kier molecular flexibility index (Phi) is 2.87. The molecule has 1 aromatic carbocycles. The van der Waals surface area contributed by atoms with E-state index in [-0.39, 0.29) is 5.41 Å². The van der Waals surface area contributed by atoms with Crippen LogP contribution in [-0.4, -0.2) is 5.78 Å². The Labute approximate surface area is 128 Å². The molecule has 112 valence electrons. The van der Waals surface area contributed by atoms with Gasteiger partial charge in [-0.2, -0.15) is 0 Å². The number of carbonyl (C=O) groups excluding carboxylic acids is 1. The lowest BCUT2D eigenvalue weighted by Gasteiger charge is -2.48. The molecule has 0 amide bonds. The normalized spacial score (nSPS) is 37.9. The summed E-state index contributed by atoms with van der Waals surface area (Å²) in [5.41, 5.74) is 6.21. The van der Waals surface area contributed by atoms with Crippen LogP contribution in [0.5, 0.6) is 0 Å². The van der Waals surface area contributed by atoms with Gasteiger partial charge in [-0.25, -0.2) is 0 Å². The van der Waals surface area contributed by atoms with Crippen molar-refractivity contribution in [1.29, 1.82) is 0 Å². The van der Waals surface area contributed by atoms with Crippen LogP contribution in [0.4, 0.5) is 0 Å². The minimum absolute atomic E-state index is 0.0123. The van der Waals surface area contributed by atoms with Gasteiger partial charge in [0.05, 0.1) is 0 Å². The Bertz CT molecular complexity index is 615. The molecule has 2 saturated carbocycles. The number of hydrogen-bond acceptors (Lipinski definition) is 1. The number of carbonyl (C=O) groups is 1. The van der Waals surface area contributed by atoms with Crippen molar-refractivity contribution < 1.29 is 4.79 Å². The van der Waals surface area contributed by atoms with E-state index in [0.717, 1.165) is 31.1 Å². The minimum atomic E-state index is 0.0123. The topological polar surface area (TPSA) is 17.1 Å². The van der Waals surface area contributed by atoms with Gasteiger partial charge in [0.15, 0.2) is 0 Å². The predicted molar refractivity (Wildman–Crippen MR) is 85.5 cm³/mol. The van der Waals surface area contributed by atoms with Crippen molar-refractivity contribution in [2.75, 3.05) is 0 Å². The van der Waals surface area contributed by atoms with Crippen molar-refractivity contribution in [2.24, 2.45) is 17.3 Å². The van der Waals surface area contributed by atoms with Gasteiger partial charge in [-0.1, -0.05) is 19.1 Å². The zero-order valence-corrected chi connectivity index (χ0v) is 13.5. The number of ketones is 1. The molecule has 0 N–H and O–H groups in total. The SMILES string of the molecule is Cc1ccc2c(c1C)CCC1C2CCC2(C)C(=O)CCC12. The molecule has 21 heavy (non-hydrogen) atoms. The summed E-state index contributed by atoms with van der Waals surface area (Å²) in [4.78, 5) is 12.3. The zero-order chi connectivity index (χ0) is 14.8. The lowest BCUT2D eigenvalue weighted by molar-refractivity contribution is -0.129. The number of rotatable bonds is 0. The van der Waals surface area contributed by atoms with Crippen molar-refractivity contribution in [3.8, 4) is 0 Å². The van der Waals surface area contributed by atoms with Gasteiger partial charge in [-0.15, -0.1) is 0 Å². The van der Waals surface area contributed by atoms with Gasteiger partial charge in [0.25, 0.3) is 0 Å². The van der Waals surface area contributed by atoms with Crippen LogP contribution < -0.4 is 0 Å². The Hall–Kier alpha value is -1.11. The lowest BCUT2D eigenvalue weighted by Crippen LogP contribution is -2.42. The summed E-state index contributed by atoms with van der Waals surface area (Å²) in [6.45, 7) is 6.79. The Morgan fingerprint density at radius 1 is 1.10 bits per heavy atom. The molecule has 0 bridgehead atoms. The Balaban J connectivity index is 1.75. The van der Waals surface area contributed by atoms with Crippen molar-refractivity contribution in [2.45, 2.75) is 65.2 Å². The minimum Gasteiger partial charge on any atom is -0.299 e. The molecule has 3 aliphatic rings. The molecule has 3 aliphatic carbocycles. The average molecular weight is 282 g/mol. The van der Waals surface area contributed by atoms with E-state index in [2.05, 4.69) is 32.9 Å². The largest absolute Gasteiger partial charge is 0.299 e. The average Bonchev–Trinajstić information content (AvgIpc) is 2.78. The molecule has 0 radical (unpaired) electrons. The van der Waals surface area contributed by atoms with E-state index in [0.29, 0.717) is 11.7 Å². The molecule has 1 aromatic rings. The second-order valence-corrected chi connectivity index (χ2v) is 7.91. The molecule has 1 heteroatoms. The lowest BCUT2D eigenvalue weighted by atomic mass is 9.55. The first-order valence-electron chi connectivity index (χ1n) is 8.64. The molecule has 0 heterocycles. The third kappa shape index (κ3) is 1.73. The molecule has 4 atom stereocenters. The Morgan fingerprint density at radius 3 is 2.71 bits per heavy atom. The molecule has 4 unspecified atom stereocenters. The van der Waals surface area contributed by atoms with Crippen LogP contribution in [0.1, 0.15) is 67.2 Å². The smallest absolute Gasteiger partial charge is 0.139 e. The third-order valence-electron chi connectivity index (χ3n) is 7.18. The molecular weight excluding hydrogens is 256 g/mol. The van der Waals surface area contributed by atoms with Crippen molar-refractivity contribution >= 4 is 5.78 Å². The maximum absolute atomic E-state index is 12.3. The van der Waals surface area contributed by atoms with Crippen LogP contribution in [0.15, 0.2) is 12.1 Å². The molecule has 4 rings (SSSR count). The van der Waals surface area contributed by atoms with Crippen LogP contribution in [0.25, 0.3) is 0 Å². The van der Waals surface area contributed by atoms with Gasteiger partial charge in [-0.3, -0.25) is 4.79 Å². The molecular formula is C20H26O. The summed E-state index contributed by atoms with van der Waals surface area (Å²) in [6.07, 6.45) is 6.85. The van der Waals surface area contributed by atoms with Crippen LogP contribution >= 0.6 is 0 Å². The highest BCUT2D eigenvalue weighted by Crippen LogP contribution is 2.59. The second kappa shape index (κ2) is 4.44. The highest BCUT2D eigenvalue weighted by molar-refractivity contribution is 5.87. The summed E-state index contributed by atoms with van der Waals surface area (Å²) in [5.74, 6) is 2.68.